The molecule has 1 unspecified atom stereocenters. The van der Waals surface area contributed by atoms with Crippen LogP contribution in [0.5, 0.6) is 11.5 Å². The molecule has 0 saturated heterocycles. The van der Waals surface area contributed by atoms with Gasteiger partial charge in [0.25, 0.3) is 0 Å². The Balaban J connectivity index is 1.80. The molecule has 0 bridgehead atoms. The third-order valence-corrected chi connectivity index (χ3v) is 5.93. The Labute approximate surface area is 168 Å². The molecule has 0 spiro atoms. The number of nitrogens with one attached hydrogen (secondary N) is 1. The van der Waals surface area contributed by atoms with Gasteiger partial charge >= 0.3 is 0 Å². The monoisotopic (exact) mass is 386 g/mol. The predicted molar refractivity (Wildman–Crippen MR) is 113 cm³/mol. The fourth-order valence-corrected chi connectivity index (χ4v) is 4.69. The molecule has 29 heavy (non-hydrogen) atoms. The van der Waals surface area contributed by atoms with Gasteiger partial charge in [-0.1, -0.05) is 26.0 Å². The summed E-state index contributed by atoms with van der Waals surface area (Å²) in [7, 11) is 0. The van der Waals surface area contributed by atoms with E-state index in [1.54, 1.807) is 12.3 Å². The number of phenols is 2. The number of Topliss-reactive ketones (excluding diaryl/α,β-unsaturated/α-hetero) is 1. The number of benzene rings is 2. The quantitative estimate of drug-likeness (QED) is 0.515. The normalized spacial score (nSPS) is 20.2. The Morgan fingerprint density at radius 3 is 2.69 bits per heavy atom. The van der Waals surface area contributed by atoms with Crippen LogP contribution in [0.4, 0.5) is 5.69 Å². The molecular weight excluding hydrogens is 364 g/mol. The second kappa shape index (κ2) is 6.08. The van der Waals surface area contributed by atoms with Crippen molar-refractivity contribution < 1.29 is 15.0 Å². The molecule has 0 saturated carbocycles. The van der Waals surface area contributed by atoms with Gasteiger partial charge in [-0.25, -0.2) is 0 Å². The second-order valence-electron chi connectivity index (χ2n) is 8.72. The maximum Gasteiger partial charge on any atom is 0.162 e. The molecule has 1 aliphatic heterocycles. The number of pyridine rings is 1. The molecule has 5 heteroatoms. The minimum atomic E-state index is -0.373. The summed E-state index contributed by atoms with van der Waals surface area (Å²) in [5.41, 5.74) is 5.32. The Morgan fingerprint density at radius 2 is 1.90 bits per heavy atom. The number of hydrogen-bond acceptors (Lipinski definition) is 5. The molecule has 0 radical (unpaired) electrons. The first-order chi connectivity index (χ1) is 13.8. The van der Waals surface area contributed by atoms with E-state index in [1.165, 1.54) is 12.1 Å². The van der Waals surface area contributed by atoms with E-state index in [0.29, 0.717) is 6.42 Å². The van der Waals surface area contributed by atoms with E-state index in [1.807, 2.05) is 24.3 Å². The Kier molecular flexibility index (Phi) is 3.72. The summed E-state index contributed by atoms with van der Waals surface area (Å²) in [6.45, 7) is 4.25. The Hall–Kier alpha value is -3.34. The van der Waals surface area contributed by atoms with Crippen molar-refractivity contribution in [2.75, 3.05) is 5.32 Å². The molecule has 3 aromatic rings. The van der Waals surface area contributed by atoms with Crippen LogP contribution in [0.3, 0.4) is 0 Å². The number of anilines is 1. The summed E-state index contributed by atoms with van der Waals surface area (Å²) in [6.07, 6.45) is 3.04. The number of aromatic hydroxyl groups is 2. The highest BCUT2D eigenvalue weighted by Crippen LogP contribution is 2.52. The fraction of sp³-hybridized carbons (Fsp3) is 0.250. The molecule has 1 atom stereocenters. The number of aromatic nitrogens is 1. The zero-order chi connectivity index (χ0) is 20.3. The maximum atomic E-state index is 13.3. The number of allylic oxidation sites excluding steroid dienone is 1. The van der Waals surface area contributed by atoms with Gasteiger partial charge in [0.15, 0.2) is 17.3 Å². The highest BCUT2D eigenvalue weighted by Gasteiger charge is 2.40. The molecule has 146 valence electrons. The second-order valence-corrected chi connectivity index (χ2v) is 8.72. The first-order valence-electron chi connectivity index (χ1n) is 9.77. The standard InChI is InChI=1S/C24H22N2O3/c1-24(2)11-15-21-14-4-3-9-25-16(14)6-7-17(21)26-23(22(15)20(29)12-24)13-5-8-18(27)19(28)10-13/h3-10,23,26-28H,11-12H2,1-2H3. The van der Waals surface area contributed by atoms with Crippen LogP contribution in [0, 0.1) is 5.41 Å². The van der Waals surface area contributed by atoms with Gasteiger partial charge < -0.3 is 15.5 Å². The van der Waals surface area contributed by atoms with Crippen molar-refractivity contribution in [3.63, 3.8) is 0 Å². The van der Waals surface area contributed by atoms with Crippen molar-refractivity contribution in [1.82, 2.24) is 4.98 Å². The number of ketones is 1. The van der Waals surface area contributed by atoms with Gasteiger partial charge in [0.2, 0.25) is 0 Å². The van der Waals surface area contributed by atoms with Crippen molar-refractivity contribution in [2.24, 2.45) is 5.41 Å². The average molecular weight is 386 g/mol. The van der Waals surface area contributed by atoms with Crippen LogP contribution in [0.25, 0.3) is 16.5 Å². The highest BCUT2D eigenvalue weighted by atomic mass is 16.3. The average Bonchev–Trinajstić information content (AvgIpc) is 2.68. The fourth-order valence-electron chi connectivity index (χ4n) is 4.69. The molecule has 2 heterocycles. The number of hydrogen-bond donors (Lipinski definition) is 3. The van der Waals surface area contributed by atoms with E-state index in [2.05, 4.69) is 24.1 Å². The number of rotatable bonds is 1. The Bertz CT molecular complexity index is 1210. The smallest absolute Gasteiger partial charge is 0.162 e. The third kappa shape index (κ3) is 2.77. The van der Waals surface area contributed by atoms with Crippen LogP contribution in [0.15, 0.2) is 54.2 Å². The predicted octanol–water partition coefficient (Wildman–Crippen LogP) is 4.96. The summed E-state index contributed by atoms with van der Waals surface area (Å²) in [4.78, 5) is 17.8. The van der Waals surface area contributed by atoms with Gasteiger partial charge in [0.05, 0.1) is 11.6 Å². The summed E-state index contributed by atoms with van der Waals surface area (Å²) in [6, 6.07) is 12.3. The third-order valence-electron chi connectivity index (χ3n) is 5.93. The van der Waals surface area contributed by atoms with Gasteiger partial charge in [-0.05, 0) is 53.3 Å². The van der Waals surface area contributed by atoms with E-state index in [4.69, 9.17) is 0 Å². The van der Waals surface area contributed by atoms with Crippen LogP contribution >= 0.6 is 0 Å². The molecule has 2 aromatic carbocycles. The number of fused-ring (bicyclic) bond motifs is 4. The van der Waals surface area contributed by atoms with Crippen molar-refractivity contribution >= 4 is 27.9 Å². The van der Waals surface area contributed by atoms with Gasteiger partial charge in [0, 0.05) is 34.8 Å². The summed E-state index contributed by atoms with van der Waals surface area (Å²) < 4.78 is 0. The zero-order valence-corrected chi connectivity index (χ0v) is 16.4. The summed E-state index contributed by atoms with van der Waals surface area (Å²) in [5, 5.41) is 24.3. The molecule has 5 nitrogen and oxygen atoms in total. The lowest BCUT2D eigenvalue weighted by Gasteiger charge is -2.40. The first-order valence-corrected chi connectivity index (χ1v) is 9.77. The molecule has 0 fully saturated rings. The van der Waals surface area contributed by atoms with E-state index in [-0.39, 0.29) is 28.7 Å². The number of nitrogens with zero attached hydrogens (tertiary/aromatic N) is 1. The largest absolute Gasteiger partial charge is 0.504 e. The highest BCUT2D eigenvalue weighted by molar-refractivity contribution is 6.12. The SMILES string of the molecule is CC1(C)CC(=O)C2=C(C1)c1c(ccc3ncccc13)NC2c1ccc(O)c(O)c1. The maximum absolute atomic E-state index is 13.3. The topological polar surface area (TPSA) is 82.5 Å². The van der Waals surface area contributed by atoms with Crippen LogP contribution in [0.2, 0.25) is 0 Å². The minimum Gasteiger partial charge on any atom is -0.504 e. The molecule has 3 N–H and O–H groups in total. The van der Waals surface area contributed by atoms with Gasteiger partial charge in [0.1, 0.15) is 0 Å². The molecular formula is C24H22N2O3. The van der Waals surface area contributed by atoms with Crippen LogP contribution in [-0.4, -0.2) is 21.0 Å². The van der Waals surface area contributed by atoms with Crippen LogP contribution in [0.1, 0.15) is 43.9 Å². The van der Waals surface area contributed by atoms with Crippen molar-refractivity contribution in [1.29, 1.82) is 0 Å². The molecule has 1 aliphatic carbocycles. The lowest BCUT2D eigenvalue weighted by molar-refractivity contribution is -0.118. The van der Waals surface area contributed by atoms with E-state index < -0.39 is 0 Å². The zero-order valence-electron chi connectivity index (χ0n) is 16.4. The van der Waals surface area contributed by atoms with Gasteiger partial charge in [-0.2, -0.15) is 0 Å². The van der Waals surface area contributed by atoms with Gasteiger partial charge in [-0.3, -0.25) is 9.78 Å². The number of carbonyl (C=O) groups is 1. The molecule has 1 aromatic heterocycles. The van der Waals surface area contributed by atoms with E-state index >= 15 is 0 Å². The van der Waals surface area contributed by atoms with Crippen molar-refractivity contribution in [3.05, 3.63) is 65.4 Å². The lowest BCUT2D eigenvalue weighted by Crippen LogP contribution is -2.33. The van der Waals surface area contributed by atoms with E-state index in [9.17, 15) is 15.0 Å². The van der Waals surface area contributed by atoms with Crippen LogP contribution in [-0.2, 0) is 4.79 Å². The van der Waals surface area contributed by atoms with E-state index in [0.717, 1.165) is 45.3 Å². The van der Waals surface area contributed by atoms with Crippen LogP contribution < -0.4 is 5.32 Å². The van der Waals surface area contributed by atoms with Gasteiger partial charge in [-0.15, -0.1) is 0 Å². The summed E-state index contributed by atoms with van der Waals surface area (Å²) in [5.74, 6) is -0.247. The molecule has 0 amide bonds. The Morgan fingerprint density at radius 1 is 1.07 bits per heavy atom. The lowest BCUT2D eigenvalue weighted by atomic mass is 9.68. The van der Waals surface area contributed by atoms with Crippen molar-refractivity contribution in [3.8, 4) is 11.5 Å². The molecule has 5 rings (SSSR count). The summed E-state index contributed by atoms with van der Waals surface area (Å²) >= 11 is 0. The van der Waals surface area contributed by atoms with Crippen molar-refractivity contribution in [2.45, 2.75) is 32.7 Å². The number of carbonyl (C=O) groups excluding carboxylic acids is 1. The first kappa shape index (κ1) is 17.7. The number of phenolic OH excluding ortho intramolecular Hbond substituents is 2. The minimum absolute atomic E-state index is 0.118. The molecule has 2 aliphatic rings.